The molecule has 1 aromatic carbocycles. The van der Waals surface area contributed by atoms with E-state index < -0.39 is 18.9 Å². The summed E-state index contributed by atoms with van der Waals surface area (Å²) in [5, 5.41) is 3.73. The molecule has 25 heavy (non-hydrogen) atoms. The van der Waals surface area contributed by atoms with E-state index in [4.69, 9.17) is 4.52 Å². The van der Waals surface area contributed by atoms with Crippen molar-refractivity contribution in [3.8, 4) is 11.3 Å². The normalized spacial score (nSPS) is 10.8. The third-order valence-electron chi connectivity index (χ3n) is 3.56. The number of alkyl halides is 2. The SMILES string of the molecule is O=C(c1cc(-c2ccncc2)on1)N(Cc1ccccc1)CC(F)F. The zero-order valence-electron chi connectivity index (χ0n) is 13.2. The Bertz CT molecular complexity index is 823. The molecule has 0 saturated carbocycles. The van der Waals surface area contributed by atoms with Crippen LogP contribution in [0.25, 0.3) is 11.3 Å². The molecule has 0 aliphatic carbocycles. The third kappa shape index (κ3) is 4.26. The third-order valence-corrected chi connectivity index (χ3v) is 3.56. The number of aromatic nitrogens is 2. The number of halogens is 2. The summed E-state index contributed by atoms with van der Waals surface area (Å²) in [5.41, 5.74) is 1.45. The van der Waals surface area contributed by atoms with Crippen LogP contribution in [0.3, 0.4) is 0 Å². The number of amides is 1. The average Bonchev–Trinajstić information content (AvgIpc) is 3.12. The van der Waals surface area contributed by atoms with Crippen LogP contribution in [-0.2, 0) is 6.54 Å². The Hall–Kier alpha value is -3.09. The molecule has 0 radical (unpaired) electrons. The van der Waals surface area contributed by atoms with Crippen molar-refractivity contribution in [3.05, 3.63) is 72.2 Å². The Morgan fingerprint density at radius 3 is 2.52 bits per heavy atom. The molecule has 0 atom stereocenters. The van der Waals surface area contributed by atoms with Gasteiger partial charge >= 0.3 is 0 Å². The van der Waals surface area contributed by atoms with E-state index in [1.807, 2.05) is 6.07 Å². The molecule has 2 heterocycles. The van der Waals surface area contributed by atoms with Gasteiger partial charge in [0.25, 0.3) is 12.3 Å². The van der Waals surface area contributed by atoms with E-state index in [9.17, 15) is 13.6 Å². The standard InChI is InChI=1S/C18H15F2N3O2/c19-17(20)12-23(11-13-4-2-1-3-5-13)18(24)15-10-16(25-22-15)14-6-8-21-9-7-14/h1-10,17H,11-12H2. The highest BCUT2D eigenvalue weighted by molar-refractivity contribution is 5.93. The minimum absolute atomic E-state index is 0.0107. The van der Waals surface area contributed by atoms with Gasteiger partial charge in [-0.2, -0.15) is 0 Å². The molecule has 3 aromatic rings. The summed E-state index contributed by atoms with van der Waals surface area (Å²) in [5.74, 6) is -0.226. The van der Waals surface area contributed by atoms with Crippen LogP contribution in [-0.4, -0.2) is 33.9 Å². The van der Waals surface area contributed by atoms with Gasteiger partial charge in [0.1, 0.15) is 0 Å². The summed E-state index contributed by atoms with van der Waals surface area (Å²) in [6, 6.07) is 13.8. The minimum atomic E-state index is -2.64. The van der Waals surface area contributed by atoms with Crippen molar-refractivity contribution < 1.29 is 18.1 Å². The van der Waals surface area contributed by atoms with Crippen LogP contribution in [0.4, 0.5) is 8.78 Å². The number of benzene rings is 1. The number of hydrogen-bond donors (Lipinski definition) is 0. The molecule has 128 valence electrons. The molecule has 3 rings (SSSR count). The van der Waals surface area contributed by atoms with Crippen LogP contribution >= 0.6 is 0 Å². The van der Waals surface area contributed by atoms with Gasteiger partial charge in [-0.25, -0.2) is 8.78 Å². The summed E-state index contributed by atoms with van der Waals surface area (Å²) < 4.78 is 30.9. The quantitative estimate of drug-likeness (QED) is 0.685. The fraction of sp³-hybridized carbons (Fsp3) is 0.167. The Labute approximate surface area is 142 Å². The van der Waals surface area contributed by atoms with Gasteiger partial charge in [-0.3, -0.25) is 9.78 Å². The predicted octanol–water partition coefficient (Wildman–Crippen LogP) is 3.64. The van der Waals surface area contributed by atoms with Crippen molar-refractivity contribution in [1.82, 2.24) is 15.0 Å². The van der Waals surface area contributed by atoms with Crippen LogP contribution in [0.2, 0.25) is 0 Å². The fourth-order valence-electron chi connectivity index (χ4n) is 2.38. The molecule has 0 spiro atoms. The van der Waals surface area contributed by atoms with Gasteiger partial charge in [-0.1, -0.05) is 35.5 Å². The van der Waals surface area contributed by atoms with Crippen molar-refractivity contribution in [2.24, 2.45) is 0 Å². The molecular weight excluding hydrogens is 328 g/mol. The number of nitrogens with zero attached hydrogens (tertiary/aromatic N) is 3. The highest BCUT2D eigenvalue weighted by Crippen LogP contribution is 2.20. The van der Waals surface area contributed by atoms with Crippen molar-refractivity contribution in [2.75, 3.05) is 6.54 Å². The molecule has 2 aromatic heterocycles. The summed E-state index contributed by atoms with van der Waals surface area (Å²) >= 11 is 0. The second-order valence-corrected chi connectivity index (χ2v) is 5.37. The van der Waals surface area contributed by atoms with Gasteiger partial charge < -0.3 is 9.42 Å². The van der Waals surface area contributed by atoms with Gasteiger partial charge in [0.2, 0.25) is 0 Å². The molecule has 0 aliphatic heterocycles. The number of hydrogen-bond acceptors (Lipinski definition) is 4. The Kier molecular flexibility index (Phi) is 5.13. The molecule has 5 nitrogen and oxygen atoms in total. The highest BCUT2D eigenvalue weighted by Gasteiger charge is 2.23. The lowest BCUT2D eigenvalue weighted by atomic mass is 10.2. The van der Waals surface area contributed by atoms with Gasteiger partial charge in [-0.15, -0.1) is 0 Å². The van der Waals surface area contributed by atoms with Crippen LogP contribution in [0.1, 0.15) is 16.1 Å². The summed E-state index contributed by atoms with van der Waals surface area (Å²) in [6.07, 6.45) is 0.523. The van der Waals surface area contributed by atoms with E-state index in [0.29, 0.717) is 11.3 Å². The van der Waals surface area contributed by atoms with Crippen molar-refractivity contribution in [2.45, 2.75) is 13.0 Å². The number of pyridine rings is 1. The smallest absolute Gasteiger partial charge is 0.276 e. The van der Waals surface area contributed by atoms with Crippen LogP contribution in [0.5, 0.6) is 0 Å². The van der Waals surface area contributed by atoms with E-state index in [0.717, 1.165) is 10.5 Å². The fourth-order valence-corrected chi connectivity index (χ4v) is 2.38. The highest BCUT2D eigenvalue weighted by atomic mass is 19.3. The van der Waals surface area contributed by atoms with E-state index in [1.165, 1.54) is 6.07 Å². The maximum atomic E-state index is 12.9. The first kappa shape index (κ1) is 16.8. The van der Waals surface area contributed by atoms with Gasteiger partial charge in [0, 0.05) is 30.6 Å². The largest absolute Gasteiger partial charge is 0.355 e. The van der Waals surface area contributed by atoms with Crippen molar-refractivity contribution in [3.63, 3.8) is 0 Å². The van der Waals surface area contributed by atoms with Crippen LogP contribution in [0.15, 0.2) is 65.4 Å². The van der Waals surface area contributed by atoms with E-state index in [-0.39, 0.29) is 12.2 Å². The first-order chi connectivity index (χ1) is 12.1. The van der Waals surface area contributed by atoms with Crippen molar-refractivity contribution in [1.29, 1.82) is 0 Å². The molecular formula is C18H15F2N3O2. The molecule has 0 aliphatic rings. The van der Waals surface area contributed by atoms with Gasteiger partial charge in [0.15, 0.2) is 11.5 Å². The van der Waals surface area contributed by atoms with E-state index in [2.05, 4.69) is 10.1 Å². The lowest BCUT2D eigenvalue weighted by molar-refractivity contribution is 0.0526. The molecule has 1 amide bonds. The topological polar surface area (TPSA) is 59.2 Å². The number of rotatable bonds is 6. The average molecular weight is 343 g/mol. The van der Waals surface area contributed by atoms with Crippen LogP contribution in [0, 0.1) is 0 Å². The van der Waals surface area contributed by atoms with Gasteiger partial charge in [0.05, 0.1) is 6.54 Å². The number of carbonyl (C=O) groups is 1. The predicted molar refractivity (Wildman–Crippen MR) is 86.9 cm³/mol. The minimum Gasteiger partial charge on any atom is -0.355 e. The Morgan fingerprint density at radius 1 is 1.12 bits per heavy atom. The summed E-state index contributed by atoms with van der Waals surface area (Å²) in [7, 11) is 0. The molecule has 0 N–H and O–H groups in total. The second kappa shape index (κ2) is 7.65. The second-order valence-electron chi connectivity index (χ2n) is 5.37. The lowest BCUT2D eigenvalue weighted by Crippen LogP contribution is -2.34. The lowest BCUT2D eigenvalue weighted by Gasteiger charge is -2.21. The number of carbonyl (C=O) groups excluding carboxylic acids is 1. The molecule has 7 heteroatoms. The maximum absolute atomic E-state index is 12.9. The monoisotopic (exact) mass is 343 g/mol. The molecule has 0 fully saturated rings. The summed E-state index contributed by atoms with van der Waals surface area (Å²) in [4.78, 5) is 17.6. The Balaban J connectivity index is 1.81. The van der Waals surface area contributed by atoms with Crippen LogP contribution < -0.4 is 0 Å². The van der Waals surface area contributed by atoms with E-state index >= 15 is 0 Å². The molecule has 0 unspecified atom stereocenters. The van der Waals surface area contributed by atoms with E-state index in [1.54, 1.807) is 48.8 Å². The zero-order chi connectivity index (χ0) is 17.6. The molecule has 0 saturated heterocycles. The molecule has 0 bridgehead atoms. The maximum Gasteiger partial charge on any atom is 0.276 e. The zero-order valence-corrected chi connectivity index (χ0v) is 13.2. The van der Waals surface area contributed by atoms with Crippen molar-refractivity contribution >= 4 is 5.91 Å². The Morgan fingerprint density at radius 2 is 1.84 bits per heavy atom. The first-order valence-electron chi connectivity index (χ1n) is 7.62. The van der Waals surface area contributed by atoms with Gasteiger partial charge in [-0.05, 0) is 17.7 Å². The first-order valence-corrected chi connectivity index (χ1v) is 7.62. The summed E-state index contributed by atoms with van der Waals surface area (Å²) in [6.45, 7) is -0.605.